The number of aliphatic imine (C=N–C) groups is 1. The number of hydrogen-bond acceptors (Lipinski definition) is 4. The molecule has 1 N–H and O–H groups in total. The lowest BCUT2D eigenvalue weighted by atomic mass is 10.0. The van der Waals surface area contributed by atoms with Crippen LogP contribution < -0.4 is 0 Å². The molecule has 0 unspecified atom stereocenters. The summed E-state index contributed by atoms with van der Waals surface area (Å²) in [7, 11) is 0. The molecule has 0 saturated carbocycles. The molecule has 0 radical (unpaired) electrons. The number of nitrogens with one attached hydrogen (secondary N) is 1. The number of carbonyl (C=O) groups excluding carboxylic acids is 1. The van der Waals surface area contributed by atoms with Gasteiger partial charge in [-0.25, -0.2) is 0 Å². The Balaban J connectivity index is 1.63. The summed E-state index contributed by atoms with van der Waals surface area (Å²) in [6.45, 7) is 4.48. The molecule has 2 aliphatic rings. The number of aryl methyl sites for hydroxylation is 1. The molecule has 34 heavy (non-hydrogen) atoms. The number of nitrogens with zero attached hydrogens (tertiary/aromatic N) is 4. The van der Waals surface area contributed by atoms with Gasteiger partial charge in [-0.15, -0.1) is 0 Å². The van der Waals surface area contributed by atoms with Crippen LogP contribution in [0.3, 0.4) is 0 Å². The fraction of sp³-hybridized carbons (Fsp3) is 0.167. The first-order valence-corrected chi connectivity index (χ1v) is 11.2. The molecule has 1 aromatic heterocycles. The van der Waals surface area contributed by atoms with Crippen molar-refractivity contribution in [1.82, 2.24) is 9.58 Å². The minimum absolute atomic E-state index is 0.111. The number of hydrogen-bond donors (Lipinski definition) is 1. The van der Waals surface area contributed by atoms with E-state index in [1.165, 1.54) is 6.08 Å². The van der Waals surface area contributed by atoms with E-state index in [9.17, 15) is 18.0 Å². The molecule has 2 aliphatic heterocycles. The van der Waals surface area contributed by atoms with Gasteiger partial charge in [0.25, 0.3) is 5.91 Å². The zero-order valence-corrected chi connectivity index (χ0v) is 19.0. The zero-order chi connectivity index (χ0) is 24.2. The zero-order valence-electron chi connectivity index (χ0n) is 18.1. The van der Waals surface area contributed by atoms with E-state index in [0.29, 0.717) is 12.1 Å². The Morgan fingerprint density at radius 2 is 1.85 bits per heavy atom. The first kappa shape index (κ1) is 22.1. The number of amidine groups is 2. The van der Waals surface area contributed by atoms with E-state index in [1.54, 1.807) is 0 Å². The lowest BCUT2D eigenvalue weighted by Gasteiger charge is -2.20. The third kappa shape index (κ3) is 3.73. The number of amides is 1. The van der Waals surface area contributed by atoms with Crippen LogP contribution in [0.1, 0.15) is 22.4 Å². The Morgan fingerprint density at radius 1 is 1.12 bits per heavy atom. The smallest absolute Gasteiger partial charge is 0.340 e. The van der Waals surface area contributed by atoms with Crippen LogP contribution in [0.25, 0.3) is 17.0 Å². The topological polar surface area (TPSA) is 73.8 Å². The summed E-state index contributed by atoms with van der Waals surface area (Å²) < 4.78 is 41.4. The van der Waals surface area contributed by atoms with Gasteiger partial charge in [0.1, 0.15) is 0 Å². The van der Waals surface area contributed by atoms with Crippen molar-refractivity contribution in [2.75, 3.05) is 0 Å². The first-order chi connectivity index (χ1) is 16.1. The van der Waals surface area contributed by atoms with Gasteiger partial charge in [0.15, 0.2) is 5.84 Å². The Bertz CT molecular complexity index is 1450. The maximum atomic E-state index is 13.1. The molecule has 3 heterocycles. The Labute approximate surface area is 197 Å². The van der Waals surface area contributed by atoms with Gasteiger partial charge in [0.2, 0.25) is 10.2 Å². The van der Waals surface area contributed by atoms with E-state index < -0.39 is 23.0 Å². The van der Waals surface area contributed by atoms with Gasteiger partial charge < -0.3 is 4.57 Å². The molecule has 2 aromatic carbocycles. The van der Waals surface area contributed by atoms with Gasteiger partial charge in [0, 0.05) is 28.7 Å². The van der Waals surface area contributed by atoms with Crippen molar-refractivity contribution in [2.45, 2.75) is 26.6 Å². The van der Waals surface area contributed by atoms with E-state index in [1.807, 2.05) is 62.4 Å². The van der Waals surface area contributed by atoms with Gasteiger partial charge in [0.05, 0.1) is 5.57 Å². The van der Waals surface area contributed by atoms with E-state index in [2.05, 4.69) is 14.7 Å². The minimum atomic E-state index is -4.68. The largest absolute Gasteiger partial charge is 0.441 e. The third-order valence-electron chi connectivity index (χ3n) is 5.70. The molecule has 3 aromatic rings. The van der Waals surface area contributed by atoms with Crippen LogP contribution in [0.4, 0.5) is 13.2 Å². The summed E-state index contributed by atoms with van der Waals surface area (Å²) in [5, 5.41) is 12.1. The predicted molar refractivity (Wildman–Crippen MR) is 128 cm³/mol. The number of benzene rings is 2. The summed E-state index contributed by atoms with van der Waals surface area (Å²) in [4.78, 5) is 16.5. The lowest BCUT2D eigenvalue weighted by molar-refractivity contribution is -0.114. The molecule has 0 aliphatic carbocycles. The van der Waals surface area contributed by atoms with E-state index >= 15 is 0 Å². The predicted octanol–water partition coefficient (Wildman–Crippen LogP) is 5.49. The van der Waals surface area contributed by atoms with Crippen molar-refractivity contribution in [1.29, 1.82) is 5.41 Å². The third-order valence-corrected chi connectivity index (χ3v) is 6.65. The van der Waals surface area contributed by atoms with Gasteiger partial charge in [-0.3, -0.25) is 10.2 Å². The molecule has 6 nitrogen and oxygen atoms in total. The fourth-order valence-corrected chi connectivity index (χ4v) is 4.78. The number of thioether (sulfide) groups is 1. The molecule has 0 atom stereocenters. The van der Waals surface area contributed by atoms with Crippen molar-refractivity contribution >= 4 is 50.7 Å². The van der Waals surface area contributed by atoms with Gasteiger partial charge in [-0.05, 0) is 49.4 Å². The van der Waals surface area contributed by atoms with Crippen molar-refractivity contribution < 1.29 is 18.0 Å². The summed E-state index contributed by atoms with van der Waals surface area (Å²) in [6.07, 6.45) is -3.15. The molecule has 10 heteroatoms. The van der Waals surface area contributed by atoms with Crippen molar-refractivity contribution in [3.8, 4) is 0 Å². The highest BCUT2D eigenvalue weighted by atomic mass is 32.2. The summed E-state index contributed by atoms with van der Waals surface area (Å²) in [5.74, 6) is -1.20. The van der Waals surface area contributed by atoms with Crippen LogP contribution in [0.15, 0.2) is 64.2 Å². The molecular formula is C24H18F3N5OS. The van der Waals surface area contributed by atoms with Crippen LogP contribution in [0, 0.1) is 19.3 Å². The summed E-state index contributed by atoms with van der Waals surface area (Å²) in [6, 6.07) is 15.9. The highest BCUT2D eigenvalue weighted by molar-refractivity contribution is 8.27. The number of fused-ring (bicyclic) bond motifs is 2. The highest BCUT2D eigenvalue weighted by Gasteiger charge is 2.46. The van der Waals surface area contributed by atoms with E-state index in [-0.39, 0.29) is 22.5 Å². The minimum Gasteiger partial charge on any atom is -0.340 e. The average molecular weight is 482 g/mol. The van der Waals surface area contributed by atoms with Crippen molar-refractivity contribution in [3.63, 3.8) is 0 Å². The number of halogens is 3. The molecule has 172 valence electrons. The van der Waals surface area contributed by atoms with Crippen molar-refractivity contribution in [2.24, 2.45) is 10.1 Å². The number of carbonyl (C=O) groups is 1. The van der Waals surface area contributed by atoms with Gasteiger partial charge in [-0.2, -0.15) is 28.3 Å². The Morgan fingerprint density at radius 3 is 2.56 bits per heavy atom. The van der Waals surface area contributed by atoms with Crippen LogP contribution in [0.2, 0.25) is 0 Å². The molecule has 0 spiro atoms. The van der Waals surface area contributed by atoms with Gasteiger partial charge in [-0.1, -0.05) is 42.0 Å². The number of hydrazone groups is 1. The summed E-state index contributed by atoms with van der Waals surface area (Å²) in [5.41, 5.74) is 4.54. The second-order valence-corrected chi connectivity index (χ2v) is 8.97. The SMILES string of the molecule is Cc1ccc2c(c1)c(C=C1C(=N)N3N=C(C(F)(F)F)SC3=NC1=O)c(C)n2Cc1ccccc1. The fourth-order valence-electron chi connectivity index (χ4n) is 4.02. The molecular weight excluding hydrogens is 463 g/mol. The molecule has 0 bridgehead atoms. The second-order valence-electron chi connectivity index (χ2n) is 8.01. The van der Waals surface area contributed by atoms with Crippen LogP contribution in [-0.4, -0.2) is 37.7 Å². The van der Waals surface area contributed by atoms with E-state index in [4.69, 9.17) is 5.41 Å². The van der Waals surface area contributed by atoms with Gasteiger partial charge >= 0.3 is 6.18 Å². The average Bonchev–Trinajstić information content (AvgIpc) is 3.32. The van der Waals surface area contributed by atoms with E-state index in [0.717, 1.165) is 32.7 Å². The molecule has 5 rings (SSSR count). The first-order valence-electron chi connectivity index (χ1n) is 10.3. The summed E-state index contributed by atoms with van der Waals surface area (Å²) >= 11 is 0.238. The lowest BCUT2D eigenvalue weighted by Crippen LogP contribution is -2.35. The highest BCUT2D eigenvalue weighted by Crippen LogP contribution is 2.36. The Kier molecular flexibility index (Phi) is 5.20. The van der Waals surface area contributed by atoms with Crippen LogP contribution in [-0.2, 0) is 11.3 Å². The standard InChI is InChI=1S/C24H18F3N5OS/c1-13-8-9-19-17(10-13)16(14(2)31(19)12-15-6-4-3-5-7-15)11-18-20(28)32-23(29-21(18)33)34-22(30-32)24(25,26)27/h3-11,28H,12H2,1-2H3. The maximum absolute atomic E-state index is 13.1. The molecule has 0 saturated heterocycles. The molecule has 0 fully saturated rings. The normalized spacial score (nSPS) is 17.4. The van der Waals surface area contributed by atoms with Crippen LogP contribution in [0.5, 0.6) is 0 Å². The number of rotatable bonds is 3. The molecule has 1 amide bonds. The second kappa shape index (κ2) is 7.98. The maximum Gasteiger partial charge on any atom is 0.441 e. The van der Waals surface area contributed by atoms with Crippen molar-refractivity contribution in [3.05, 3.63) is 76.5 Å². The quantitative estimate of drug-likeness (QED) is 0.503. The monoisotopic (exact) mass is 481 g/mol. The Hall–Kier alpha value is -3.66. The van der Waals surface area contributed by atoms with Crippen LogP contribution >= 0.6 is 11.8 Å². The number of aromatic nitrogens is 1. The number of alkyl halides is 3.